The third kappa shape index (κ3) is 2.10. The van der Waals surface area contributed by atoms with E-state index in [1.807, 2.05) is 59.1 Å². The van der Waals surface area contributed by atoms with Gasteiger partial charge in [-0.1, -0.05) is 52.3 Å². The van der Waals surface area contributed by atoms with Crippen LogP contribution in [0.5, 0.6) is 0 Å². The standard InChI is InChI=1S/C16H12BrNO/c17-11-15(19)16-14(12-6-2-1-3-7-12)10-13-8-4-5-9-18(13)16/h1-10H,11H2. The van der Waals surface area contributed by atoms with E-state index in [1.54, 1.807) is 0 Å². The second-order valence-corrected chi connectivity index (χ2v) is 4.89. The highest BCUT2D eigenvalue weighted by atomic mass is 79.9. The van der Waals surface area contributed by atoms with Crippen molar-refractivity contribution >= 4 is 27.2 Å². The number of hydrogen-bond donors (Lipinski definition) is 0. The molecule has 3 aromatic rings. The van der Waals surface area contributed by atoms with Crippen molar-refractivity contribution in [3.05, 3.63) is 66.5 Å². The minimum atomic E-state index is 0.0880. The first-order chi connectivity index (χ1) is 9.31. The average Bonchev–Trinajstić information content (AvgIpc) is 2.87. The van der Waals surface area contributed by atoms with Gasteiger partial charge >= 0.3 is 0 Å². The van der Waals surface area contributed by atoms with Gasteiger partial charge in [0.15, 0.2) is 5.78 Å². The number of halogens is 1. The van der Waals surface area contributed by atoms with Crippen molar-refractivity contribution in [2.45, 2.75) is 0 Å². The number of rotatable bonds is 3. The van der Waals surface area contributed by atoms with Gasteiger partial charge in [0.2, 0.25) is 0 Å². The second kappa shape index (κ2) is 5.02. The molecule has 0 unspecified atom stereocenters. The minimum Gasteiger partial charge on any atom is -0.313 e. The molecule has 0 N–H and O–H groups in total. The Bertz CT molecular complexity index is 731. The fourth-order valence-electron chi connectivity index (χ4n) is 2.31. The molecule has 0 fully saturated rings. The molecule has 1 aromatic carbocycles. The second-order valence-electron chi connectivity index (χ2n) is 4.32. The number of Topliss-reactive ketones (excluding diaryl/α,β-unsaturated/α-hetero) is 1. The maximum absolute atomic E-state index is 12.2. The number of alkyl halides is 1. The van der Waals surface area contributed by atoms with Crippen molar-refractivity contribution in [1.29, 1.82) is 0 Å². The van der Waals surface area contributed by atoms with E-state index in [9.17, 15) is 4.79 Å². The molecule has 0 aliphatic heterocycles. The molecule has 0 amide bonds. The summed E-state index contributed by atoms with van der Waals surface area (Å²) >= 11 is 3.27. The predicted molar refractivity (Wildman–Crippen MR) is 81.0 cm³/mol. The van der Waals surface area contributed by atoms with Crippen LogP contribution in [0.4, 0.5) is 0 Å². The van der Waals surface area contributed by atoms with Crippen molar-refractivity contribution < 1.29 is 4.79 Å². The summed E-state index contributed by atoms with van der Waals surface area (Å²) in [5, 5.41) is 0.327. The highest BCUT2D eigenvalue weighted by Gasteiger charge is 2.17. The third-order valence-corrected chi connectivity index (χ3v) is 3.66. The van der Waals surface area contributed by atoms with E-state index >= 15 is 0 Å². The highest BCUT2D eigenvalue weighted by Crippen LogP contribution is 2.28. The summed E-state index contributed by atoms with van der Waals surface area (Å²) in [5.41, 5.74) is 3.82. The summed E-state index contributed by atoms with van der Waals surface area (Å²) in [6, 6.07) is 18.0. The molecule has 0 aliphatic carbocycles. The molecule has 2 heterocycles. The Hall–Kier alpha value is -1.87. The predicted octanol–water partition coefficient (Wildman–Crippen LogP) is 4.18. The summed E-state index contributed by atoms with van der Waals surface area (Å²) in [6.45, 7) is 0. The molecule has 0 saturated carbocycles. The third-order valence-electron chi connectivity index (χ3n) is 3.15. The fourth-order valence-corrected chi connectivity index (χ4v) is 2.57. The zero-order valence-corrected chi connectivity index (χ0v) is 11.8. The first-order valence-electron chi connectivity index (χ1n) is 6.06. The summed E-state index contributed by atoms with van der Waals surface area (Å²) in [6.07, 6.45) is 1.93. The number of aromatic nitrogens is 1. The lowest BCUT2D eigenvalue weighted by atomic mass is 10.0. The van der Waals surface area contributed by atoms with Crippen LogP contribution < -0.4 is 0 Å². The van der Waals surface area contributed by atoms with Crippen molar-refractivity contribution in [3.63, 3.8) is 0 Å². The summed E-state index contributed by atoms with van der Waals surface area (Å²) in [7, 11) is 0. The van der Waals surface area contributed by atoms with Gasteiger partial charge in [-0.2, -0.15) is 0 Å². The van der Waals surface area contributed by atoms with E-state index in [0.29, 0.717) is 5.33 Å². The number of pyridine rings is 1. The van der Waals surface area contributed by atoms with Gasteiger partial charge in [-0.3, -0.25) is 4.79 Å². The number of carbonyl (C=O) groups is 1. The fraction of sp³-hybridized carbons (Fsp3) is 0.0625. The zero-order valence-electron chi connectivity index (χ0n) is 10.2. The van der Waals surface area contributed by atoms with Gasteiger partial charge < -0.3 is 4.40 Å². The lowest BCUT2D eigenvalue weighted by Crippen LogP contribution is -2.05. The van der Waals surface area contributed by atoms with Crippen molar-refractivity contribution in [2.24, 2.45) is 0 Å². The smallest absolute Gasteiger partial charge is 0.190 e. The number of benzene rings is 1. The number of nitrogens with zero attached hydrogens (tertiary/aromatic N) is 1. The summed E-state index contributed by atoms with van der Waals surface area (Å²) in [5.74, 6) is 0.0880. The topological polar surface area (TPSA) is 21.5 Å². The first kappa shape index (κ1) is 12.2. The Balaban J connectivity index is 2.32. The molecule has 3 rings (SSSR count). The van der Waals surface area contributed by atoms with Gasteiger partial charge in [0.1, 0.15) is 0 Å². The van der Waals surface area contributed by atoms with E-state index in [4.69, 9.17) is 0 Å². The van der Waals surface area contributed by atoms with Crippen LogP contribution in [0.25, 0.3) is 16.6 Å². The molecule has 19 heavy (non-hydrogen) atoms. The molecular formula is C16H12BrNO. The Kier molecular flexibility index (Phi) is 3.22. The lowest BCUT2D eigenvalue weighted by molar-refractivity contribution is 0.101. The van der Waals surface area contributed by atoms with Gasteiger partial charge in [-0.05, 0) is 23.8 Å². The Labute approximate surface area is 119 Å². The summed E-state index contributed by atoms with van der Waals surface area (Å²) in [4.78, 5) is 12.2. The Morgan fingerprint density at radius 2 is 1.79 bits per heavy atom. The van der Waals surface area contributed by atoms with Crippen molar-refractivity contribution in [2.75, 3.05) is 5.33 Å². The van der Waals surface area contributed by atoms with Crippen molar-refractivity contribution in [1.82, 2.24) is 4.40 Å². The Morgan fingerprint density at radius 1 is 1.05 bits per heavy atom. The molecule has 0 spiro atoms. The van der Waals surface area contributed by atoms with Crippen molar-refractivity contribution in [3.8, 4) is 11.1 Å². The monoisotopic (exact) mass is 313 g/mol. The molecule has 0 radical (unpaired) electrons. The van der Waals surface area contributed by atoms with Gasteiger partial charge in [-0.25, -0.2) is 0 Å². The molecule has 0 atom stereocenters. The molecule has 0 aliphatic rings. The van der Waals surface area contributed by atoms with Crippen LogP contribution in [-0.2, 0) is 0 Å². The first-order valence-corrected chi connectivity index (χ1v) is 7.18. The number of fused-ring (bicyclic) bond motifs is 1. The van der Waals surface area contributed by atoms with E-state index in [0.717, 1.165) is 22.3 Å². The molecule has 94 valence electrons. The van der Waals surface area contributed by atoms with Gasteiger partial charge in [0.25, 0.3) is 0 Å². The summed E-state index contributed by atoms with van der Waals surface area (Å²) < 4.78 is 1.95. The molecular weight excluding hydrogens is 302 g/mol. The molecule has 0 saturated heterocycles. The number of hydrogen-bond acceptors (Lipinski definition) is 1. The van der Waals surface area contributed by atoms with E-state index in [2.05, 4.69) is 22.0 Å². The maximum Gasteiger partial charge on any atom is 0.190 e. The lowest BCUT2D eigenvalue weighted by Gasteiger charge is -2.04. The van der Waals surface area contributed by atoms with Crippen LogP contribution in [0.2, 0.25) is 0 Å². The van der Waals surface area contributed by atoms with Crippen LogP contribution in [0.15, 0.2) is 60.8 Å². The van der Waals surface area contributed by atoms with E-state index in [1.165, 1.54) is 0 Å². The minimum absolute atomic E-state index is 0.0880. The van der Waals surface area contributed by atoms with Crippen LogP contribution in [0.1, 0.15) is 10.5 Å². The van der Waals surface area contributed by atoms with Crippen LogP contribution in [-0.4, -0.2) is 15.5 Å². The molecule has 2 nitrogen and oxygen atoms in total. The normalized spacial score (nSPS) is 10.8. The van der Waals surface area contributed by atoms with Crippen LogP contribution in [0.3, 0.4) is 0 Å². The molecule has 0 bridgehead atoms. The Morgan fingerprint density at radius 3 is 2.53 bits per heavy atom. The number of ketones is 1. The van der Waals surface area contributed by atoms with E-state index < -0.39 is 0 Å². The van der Waals surface area contributed by atoms with Crippen LogP contribution >= 0.6 is 15.9 Å². The largest absolute Gasteiger partial charge is 0.313 e. The highest BCUT2D eigenvalue weighted by molar-refractivity contribution is 9.09. The zero-order chi connectivity index (χ0) is 13.2. The van der Waals surface area contributed by atoms with Gasteiger partial charge in [0, 0.05) is 17.3 Å². The molecule has 2 aromatic heterocycles. The van der Waals surface area contributed by atoms with Gasteiger partial charge in [-0.15, -0.1) is 0 Å². The quantitative estimate of drug-likeness (QED) is 0.525. The van der Waals surface area contributed by atoms with E-state index in [-0.39, 0.29) is 5.78 Å². The molecule has 3 heteroatoms. The average molecular weight is 314 g/mol. The van der Waals surface area contributed by atoms with Crippen LogP contribution in [0, 0.1) is 0 Å². The van der Waals surface area contributed by atoms with Gasteiger partial charge in [0.05, 0.1) is 11.0 Å². The maximum atomic E-state index is 12.2. The SMILES string of the molecule is O=C(CBr)c1c(-c2ccccc2)cc2ccccn12. The number of carbonyl (C=O) groups excluding carboxylic acids is 1.